The van der Waals surface area contributed by atoms with Gasteiger partial charge in [-0.1, -0.05) is 0 Å². The number of carbonyl (C=O) groups is 1. The monoisotopic (exact) mass is 237 g/mol. The number of pyridine rings is 1. The molecule has 0 aromatic carbocycles. The summed E-state index contributed by atoms with van der Waals surface area (Å²) in [6, 6.07) is 1.46. The zero-order chi connectivity index (χ0) is 12.3. The molecule has 0 radical (unpaired) electrons. The second-order valence-corrected chi connectivity index (χ2v) is 4.29. The van der Waals surface area contributed by atoms with Crippen molar-refractivity contribution in [1.82, 2.24) is 15.2 Å². The number of piperidine rings is 1. The molecule has 0 saturated carbocycles. The number of halogens is 1. The van der Waals surface area contributed by atoms with E-state index in [1.807, 2.05) is 0 Å². The van der Waals surface area contributed by atoms with Crippen LogP contribution in [0.5, 0.6) is 0 Å². The highest BCUT2D eigenvalue weighted by molar-refractivity contribution is 5.93. The van der Waals surface area contributed by atoms with E-state index in [0.717, 1.165) is 32.1 Å². The van der Waals surface area contributed by atoms with Crippen LogP contribution in [-0.4, -0.2) is 42.0 Å². The molecule has 4 nitrogen and oxygen atoms in total. The number of hydrogen-bond donors (Lipinski definition) is 1. The van der Waals surface area contributed by atoms with Gasteiger partial charge in [0.15, 0.2) is 0 Å². The molecule has 1 fully saturated rings. The molecule has 92 valence electrons. The number of hydrogen-bond acceptors (Lipinski definition) is 3. The van der Waals surface area contributed by atoms with Gasteiger partial charge in [0.2, 0.25) is 0 Å². The SMILES string of the molecule is CN(C(=O)c1cncc(F)c1)C1CCNCC1. The molecule has 0 unspecified atom stereocenters. The first kappa shape index (κ1) is 12.0. The van der Waals surface area contributed by atoms with E-state index in [2.05, 4.69) is 10.3 Å². The van der Waals surface area contributed by atoms with Gasteiger partial charge in [-0.15, -0.1) is 0 Å². The Morgan fingerprint density at radius 1 is 1.47 bits per heavy atom. The lowest BCUT2D eigenvalue weighted by Crippen LogP contribution is -2.44. The Balaban J connectivity index is 2.08. The number of rotatable bonds is 2. The zero-order valence-electron chi connectivity index (χ0n) is 9.82. The van der Waals surface area contributed by atoms with E-state index in [-0.39, 0.29) is 11.9 Å². The average Bonchev–Trinajstić information content (AvgIpc) is 2.38. The summed E-state index contributed by atoms with van der Waals surface area (Å²) < 4.78 is 13.0. The minimum absolute atomic E-state index is 0.163. The summed E-state index contributed by atoms with van der Waals surface area (Å²) in [4.78, 5) is 17.5. The summed E-state index contributed by atoms with van der Waals surface area (Å²) in [6.45, 7) is 1.84. The smallest absolute Gasteiger partial charge is 0.255 e. The van der Waals surface area contributed by atoms with E-state index in [1.165, 1.54) is 12.3 Å². The summed E-state index contributed by atoms with van der Waals surface area (Å²) >= 11 is 0. The van der Waals surface area contributed by atoms with Gasteiger partial charge in [0.1, 0.15) is 5.82 Å². The van der Waals surface area contributed by atoms with Crippen molar-refractivity contribution in [2.45, 2.75) is 18.9 Å². The minimum atomic E-state index is -0.477. The topological polar surface area (TPSA) is 45.2 Å². The van der Waals surface area contributed by atoms with Gasteiger partial charge in [0.05, 0.1) is 11.8 Å². The second-order valence-electron chi connectivity index (χ2n) is 4.29. The molecule has 1 aromatic rings. The fourth-order valence-electron chi connectivity index (χ4n) is 2.09. The maximum Gasteiger partial charge on any atom is 0.255 e. The molecule has 2 rings (SSSR count). The number of aromatic nitrogens is 1. The van der Waals surface area contributed by atoms with Gasteiger partial charge in [-0.2, -0.15) is 0 Å². The number of carbonyl (C=O) groups excluding carboxylic acids is 1. The van der Waals surface area contributed by atoms with Crippen LogP contribution in [0.1, 0.15) is 23.2 Å². The molecule has 1 amide bonds. The van der Waals surface area contributed by atoms with Gasteiger partial charge < -0.3 is 10.2 Å². The Morgan fingerprint density at radius 3 is 2.82 bits per heavy atom. The highest BCUT2D eigenvalue weighted by Crippen LogP contribution is 2.13. The lowest BCUT2D eigenvalue weighted by atomic mass is 10.0. The van der Waals surface area contributed by atoms with E-state index < -0.39 is 5.82 Å². The van der Waals surface area contributed by atoms with Crippen molar-refractivity contribution in [3.05, 3.63) is 29.8 Å². The lowest BCUT2D eigenvalue weighted by molar-refractivity contribution is 0.0702. The van der Waals surface area contributed by atoms with Crippen molar-refractivity contribution in [3.63, 3.8) is 0 Å². The molecule has 1 aliphatic heterocycles. The van der Waals surface area contributed by atoms with Crippen LogP contribution in [0.2, 0.25) is 0 Å². The Bertz CT molecular complexity index is 404. The van der Waals surface area contributed by atoms with E-state index in [1.54, 1.807) is 11.9 Å². The third-order valence-corrected chi connectivity index (χ3v) is 3.13. The van der Waals surface area contributed by atoms with E-state index in [9.17, 15) is 9.18 Å². The molecule has 0 aliphatic carbocycles. The second kappa shape index (κ2) is 5.23. The van der Waals surface area contributed by atoms with Crippen LogP contribution in [0.15, 0.2) is 18.5 Å². The molecule has 1 aliphatic rings. The Kier molecular flexibility index (Phi) is 3.68. The normalized spacial score (nSPS) is 16.8. The largest absolute Gasteiger partial charge is 0.339 e. The molecular weight excluding hydrogens is 221 g/mol. The first-order valence-corrected chi connectivity index (χ1v) is 5.77. The molecule has 1 saturated heterocycles. The van der Waals surface area contributed by atoms with Gasteiger partial charge >= 0.3 is 0 Å². The fourth-order valence-corrected chi connectivity index (χ4v) is 2.09. The Hall–Kier alpha value is -1.49. The van der Waals surface area contributed by atoms with Crippen molar-refractivity contribution >= 4 is 5.91 Å². The fraction of sp³-hybridized carbons (Fsp3) is 0.500. The summed E-state index contributed by atoms with van der Waals surface area (Å²) in [6.07, 6.45) is 4.38. The molecule has 0 atom stereocenters. The van der Waals surface area contributed by atoms with Crippen LogP contribution in [0, 0.1) is 5.82 Å². The minimum Gasteiger partial charge on any atom is -0.339 e. The van der Waals surface area contributed by atoms with Crippen LogP contribution in [0.4, 0.5) is 4.39 Å². The molecule has 5 heteroatoms. The van der Waals surface area contributed by atoms with Crippen LogP contribution in [-0.2, 0) is 0 Å². The molecule has 17 heavy (non-hydrogen) atoms. The zero-order valence-corrected chi connectivity index (χ0v) is 9.82. The first-order valence-electron chi connectivity index (χ1n) is 5.77. The van der Waals surface area contributed by atoms with Crippen LogP contribution >= 0.6 is 0 Å². The Labute approximate surface area is 99.8 Å². The molecule has 0 bridgehead atoms. The number of nitrogens with one attached hydrogen (secondary N) is 1. The molecular formula is C12H16FN3O. The number of amides is 1. The van der Waals surface area contributed by atoms with Crippen molar-refractivity contribution in [3.8, 4) is 0 Å². The Morgan fingerprint density at radius 2 is 2.18 bits per heavy atom. The maximum atomic E-state index is 13.0. The predicted octanol–water partition coefficient (Wildman–Crippen LogP) is 1.04. The molecule has 1 aromatic heterocycles. The quantitative estimate of drug-likeness (QED) is 0.836. The van der Waals surface area contributed by atoms with Crippen molar-refractivity contribution < 1.29 is 9.18 Å². The standard InChI is InChI=1S/C12H16FN3O/c1-16(11-2-4-14-5-3-11)12(17)9-6-10(13)8-15-7-9/h6-8,11,14H,2-5H2,1H3. The van der Waals surface area contributed by atoms with Gasteiger partial charge in [-0.25, -0.2) is 4.39 Å². The summed E-state index contributed by atoms with van der Waals surface area (Å²) in [5.41, 5.74) is 0.311. The van der Waals surface area contributed by atoms with Gasteiger partial charge in [0.25, 0.3) is 5.91 Å². The van der Waals surface area contributed by atoms with Crippen molar-refractivity contribution in [2.24, 2.45) is 0 Å². The van der Waals surface area contributed by atoms with Crippen LogP contribution in [0.3, 0.4) is 0 Å². The van der Waals surface area contributed by atoms with Gasteiger partial charge in [-0.05, 0) is 32.0 Å². The summed E-state index contributed by atoms with van der Waals surface area (Å²) in [5.74, 6) is -0.640. The summed E-state index contributed by atoms with van der Waals surface area (Å²) in [7, 11) is 1.77. The highest BCUT2D eigenvalue weighted by atomic mass is 19.1. The molecule has 0 spiro atoms. The number of nitrogens with zero attached hydrogens (tertiary/aromatic N) is 2. The lowest BCUT2D eigenvalue weighted by Gasteiger charge is -2.31. The molecule has 1 N–H and O–H groups in total. The molecule has 2 heterocycles. The van der Waals surface area contributed by atoms with E-state index in [0.29, 0.717) is 5.56 Å². The van der Waals surface area contributed by atoms with Crippen molar-refractivity contribution in [2.75, 3.05) is 20.1 Å². The van der Waals surface area contributed by atoms with Crippen LogP contribution in [0.25, 0.3) is 0 Å². The van der Waals surface area contributed by atoms with Gasteiger partial charge in [0, 0.05) is 19.3 Å². The van der Waals surface area contributed by atoms with E-state index >= 15 is 0 Å². The average molecular weight is 237 g/mol. The summed E-state index contributed by atoms with van der Waals surface area (Å²) in [5, 5.41) is 3.25. The predicted molar refractivity (Wildman–Crippen MR) is 62.2 cm³/mol. The third kappa shape index (κ3) is 2.79. The van der Waals surface area contributed by atoms with E-state index in [4.69, 9.17) is 0 Å². The van der Waals surface area contributed by atoms with Crippen molar-refractivity contribution in [1.29, 1.82) is 0 Å². The maximum absolute atomic E-state index is 13.0. The third-order valence-electron chi connectivity index (χ3n) is 3.13. The van der Waals surface area contributed by atoms with Gasteiger partial charge in [-0.3, -0.25) is 9.78 Å². The van der Waals surface area contributed by atoms with Crippen LogP contribution < -0.4 is 5.32 Å². The first-order chi connectivity index (χ1) is 8.18. The highest BCUT2D eigenvalue weighted by Gasteiger charge is 2.23.